The van der Waals surface area contributed by atoms with Gasteiger partial charge < -0.3 is 0 Å². The van der Waals surface area contributed by atoms with E-state index in [9.17, 15) is 0 Å². The van der Waals surface area contributed by atoms with E-state index in [0.29, 0.717) is 0 Å². The molecule has 0 radical (unpaired) electrons. The van der Waals surface area contributed by atoms with Crippen LogP contribution in [0.15, 0.2) is 180 Å². The second kappa shape index (κ2) is 10.9. The summed E-state index contributed by atoms with van der Waals surface area (Å²) in [5, 5.41) is 7.50. The van der Waals surface area contributed by atoms with Crippen LogP contribution >= 0.6 is 11.8 Å². The smallest absolute Gasteiger partial charge is 0.0207 e. The van der Waals surface area contributed by atoms with Gasteiger partial charge in [-0.2, -0.15) is 0 Å². The van der Waals surface area contributed by atoms with E-state index in [1.165, 1.54) is 75.5 Å². The van der Waals surface area contributed by atoms with Crippen molar-refractivity contribution in [1.82, 2.24) is 0 Å². The van der Waals surface area contributed by atoms with E-state index in [0.717, 1.165) is 0 Å². The number of hydrogen-bond donors (Lipinski definition) is 0. The summed E-state index contributed by atoms with van der Waals surface area (Å²) in [6, 6.07) is 61.9. The first-order valence-corrected chi connectivity index (χ1v) is 15.5. The summed E-state index contributed by atoms with van der Waals surface area (Å²) in [4.78, 5) is 2.47. The molecular weight excluding hydrogens is 537 g/mol. The maximum Gasteiger partial charge on any atom is 0.0207 e. The van der Waals surface area contributed by atoms with Crippen LogP contribution in [0.5, 0.6) is 0 Å². The van der Waals surface area contributed by atoms with Crippen molar-refractivity contribution in [3.8, 4) is 33.4 Å². The van der Waals surface area contributed by atoms with Crippen molar-refractivity contribution in [2.24, 2.45) is 0 Å². The molecule has 8 aromatic rings. The van der Waals surface area contributed by atoms with Crippen molar-refractivity contribution < 1.29 is 0 Å². The molecule has 43 heavy (non-hydrogen) atoms. The number of rotatable bonds is 5. The Kier molecular flexibility index (Phi) is 6.51. The fourth-order valence-corrected chi connectivity index (χ4v) is 7.16. The molecule has 8 aromatic carbocycles. The Balaban J connectivity index is 1.46. The van der Waals surface area contributed by atoms with Crippen molar-refractivity contribution in [2.45, 2.75) is 9.79 Å². The predicted octanol–water partition coefficient (Wildman–Crippen LogP) is 12.3. The largest absolute Gasteiger partial charge is 0.0894 e. The van der Waals surface area contributed by atoms with E-state index in [-0.39, 0.29) is 0 Å². The molecule has 0 bridgehead atoms. The van der Waals surface area contributed by atoms with Gasteiger partial charge in [-0.05, 0) is 96.5 Å². The van der Waals surface area contributed by atoms with Gasteiger partial charge in [0.1, 0.15) is 0 Å². The summed E-state index contributed by atoms with van der Waals surface area (Å²) in [6.07, 6.45) is 0. The fourth-order valence-electron chi connectivity index (χ4n) is 6.16. The minimum absolute atomic E-state index is 1.22. The average molecular weight is 565 g/mol. The van der Waals surface area contributed by atoms with Crippen LogP contribution in [0, 0.1) is 0 Å². The molecule has 0 aliphatic rings. The molecule has 0 spiro atoms. The van der Waals surface area contributed by atoms with Crippen LogP contribution in [0.1, 0.15) is 0 Å². The molecule has 0 aliphatic carbocycles. The highest BCUT2D eigenvalue weighted by Crippen LogP contribution is 2.48. The minimum atomic E-state index is 1.22. The van der Waals surface area contributed by atoms with Gasteiger partial charge in [0, 0.05) is 15.4 Å². The summed E-state index contributed by atoms with van der Waals surface area (Å²) in [5.74, 6) is 0. The van der Waals surface area contributed by atoms with Crippen LogP contribution in [-0.4, -0.2) is 0 Å². The average Bonchev–Trinajstić information content (AvgIpc) is 3.08. The van der Waals surface area contributed by atoms with Gasteiger partial charge in [-0.25, -0.2) is 0 Å². The Morgan fingerprint density at radius 3 is 1.30 bits per heavy atom. The molecule has 0 fully saturated rings. The minimum Gasteiger partial charge on any atom is -0.0894 e. The first-order valence-electron chi connectivity index (χ1n) is 14.7. The molecule has 0 heterocycles. The van der Waals surface area contributed by atoms with Crippen LogP contribution < -0.4 is 0 Å². The molecule has 202 valence electrons. The van der Waals surface area contributed by atoms with Gasteiger partial charge >= 0.3 is 0 Å². The summed E-state index contributed by atoms with van der Waals surface area (Å²) in [5.41, 5.74) is 7.43. The van der Waals surface area contributed by atoms with Crippen molar-refractivity contribution in [2.75, 3.05) is 0 Å². The molecule has 0 saturated heterocycles. The molecule has 0 aliphatic heterocycles. The molecular formula is C42H28S. The summed E-state index contributed by atoms with van der Waals surface area (Å²) in [7, 11) is 0. The highest BCUT2D eigenvalue weighted by atomic mass is 32.2. The maximum atomic E-state index is 2.36. The zero-order valence-corrected chi connectivity index (χ0v) is 24.4. The zero-order chi connectivity index (χ0) is 28.6. The lowest BCUT2D eigenvalue weighted by Gasteiger charge is -2.21. The highest BCUT2D eigenvalue weighted by molar-refractivity contribution is 7.99. The first kappa shape index (κ1) is 25.6. The Labute approximate surface area is 256 Å². The summed E-state index contributed by atoms with van der Waals surface area (Å²) < 4.78 is 0. The normalized spacial score (nSPS) is 11.3. The third-order valence-corrected chi connectivity index (χ3v) is 9.34. The molecule has 1 heteroatoms. The predicted molar refractivity (Wildman–Crippen MR) is 186 cm³/mol. The molecule has 0 atom stereocenters. The SMILES string of the molecule is c1ccc(Sc2ccc(-c3ccc4ccccc4c3)c(-c3ccc4ccccc4c3)c2-c2ccc3ccccc3c2)cc1. The van der Waals surface area contributed by atoms with Gasteiger partial charge in [0.2, 0.25) is 0 Å². The van der Waals surface area contributed by atoms with E-state index in [4.69, 9.17) is 0 Å². The van der Waals surface area contributed by atoms with Crippen LogP contribution in [0.25, 0.3) is 65.7 Å². The molecule has 0 amide bonds. The lowest BCUT2D eigenvalue weighted by molar-refractivity contribution is 1.40. The van der Waals surface area contributed by atoms with E-state index in [1.807, 2.05) is 11.8 Å². The quantitative estimate of drug-likeness (QED) is 0.200. The van der Waals surface area contributed by atoms with Gasteiger partial charge in [0.15, 0.2) is 0 Å². The Morgan fingerprint density at radius 1 is 0.302 bits per heavy atom. The summed E-state index contributed by atoms with van der Waals surface area (Å²) >= 11 is 1.83. The van der Waals surface area contributed by atoms with Crippen LogP contribution in [0.2, 0.25) is 0 Å². The fraction of sp³-hybridized carbons (Fsp3) is 0. The van der Waals surface area contributed by atoms with Gasteiger partial charge in [0.25, 0.3) is 0 Å². The number of hydrogen-bond acceptors (Lipinski definition) is 1. The van der Waals surface area contributed by atoms with Crippen molar-refractivity contribution in [1.29, 1.82) is 0 Å². The maximum absolute atomic E-state index is 2.36. The van der Waals surface area contributed by atoms with Crippen molar-refractivity contribution in [3.63, 3.8) is 0 Å². The second-order valence-electron chi connectivity index (χ2n) is 11.0. The van der Waals surface area contributed by atoms with E-state index in [1.54, 1.807) is 0 Å². The lowest BCUT2D eigenvalue weighted by Crippen LogP contribution is -1.94. The Morgan fingerprint density at radius 2 is 0.744 bits per heavy atom. The zero-order valence-electron chi connectivity index (χ0n) is 23.6. The van der Waals surface area contributed by atoms with Crippen LogP contribution in [-0.2, 0) is 0 Å². The third kappa shape index (κ3) is 4.88. The molecule has 0 aromatic heterocycles. The Bertz CT molecular complexity index is 2260. The standard InChI is InChI=1S/C42H28S/c1-2-16-38(17-3-1)43-40-25-24-39(35-21-18-29-10-4-7-13-32(29)26-35)41(36-22-19-30-11-5-8-14-33(30)27-36)42(40)37-23-20-31-12-6-9-15-34(31)28-37/h1-28H. The van der Waals surface area contributed by atoms with Crippen LogP contribution in [0.3, 0.4) is 0 Å². The van der Waals surface area contributed by atoms with E-state index < -0.39 is 0 Å². The van der Waals surface area contributed by atoms with Crippen molar-refractivity contribution >= 4 is 44.1 Å². The topological polar surface area (TPSA) is 0 Å². The van der Waals surface area contributed by atoms with Crippen molar-refractivity contribution in [3.05, 3.63) is 170 Å². The van der Waals surface area contributed by atoms with Gasteiger partial charge in [-0.15, -0.1) is 0 Å². The molecule has 0 unspecified atom stereocenters. The van der Waals surface area contributed by atoms with Gasteiger partial charge in [-0.1, -0.05) is 145 Å². The summed E-state index contributed by atoms with van der Waals surface area (Å²) in [6.45, 7) is 0. The molecule has 0 nitrogen and oxygen atoms in total. The van der Waals surface area contributed by atoms with Gasteiger partial charge in [-0.3, -0.25) is 0 Å². The third-order valence-electron chi connectivity index (χ3n) is 8.27. The number of fused-ring (bicyclic) bond motifs is 3. The van der Waals surface area contributed by atoms with E-state index >= 15 is 0 Å². The first-order chi connectivity index (χ1) is 21.3. The van der Waals surface area contributed by atoms with E-state index in [2.05, 4.69) is 170 Å². The number of benzene rings is 8. The van der Waals surface area contributed by atoms with Crippen LogP contribution in [0.4, 0.5) is 0 Å². The lowest BCUT2D eigenvalue weighted by atomic mass is 9.86. The van der Waals surface area contributed by atoms with Gasteiger partial charge in [0.05, 0.1) is 0 Å². The Hall–Kier alpha value is -5.11. The second-order valence-corrected chi connectivity index (χ2v) is 12.1. The monoisotopic (exact) mass is 564 g/mol. The molecule has 8 rings (SSSR count). The molecule has 0 saturated carbocycles. The molecule has 0 N–H and O–H groups in total. The highest BCUT2D eigenvalue weighted by Gasteiger charge is 2.20.